The van der Waals surface area contributed by atoms with Crippen molar-refractivity contribution in [2.75, 3.05) is 18.9 Å². The van der Waals surface area contributed by atoms with Crippen molar-refractivity contribution in [2.45, 2.75) is 26.3 Å². The lowest BCUT2D eigenvalue weighted by Gasteiger charge is -2.12. The molecule has 0 bridgehead atoms. The van der Waals surface area contributed by atoms with Gasteiger partial charge in [0.15, 0.2) is 0 Å². The molecule has 0 spiro atoms. The van der Waals surface area contributed by atoms with Crippen LogP contribution in [0.5, 0.6) is 0 Å². The van der Waals surface area contributed by atoms with Crippen molar-refractivity contribution in [3.63, 3.8) is 0 Å². The molecule has 2 amide bonds. The number of amides is 2. The molecule has 1 unspecified atom stereocenters. The second-order valence-electron chi connectivity index (χ2n) is 5.57. The van der Waals surface area contributed by atoms with Crippen molar-refractivity contribution in [3.8, 4) is 0 Å². The van der Waals surface area contributed by atoms with E-state index in [9.17, 15) is 9.59 Å². The van der Waals surface area contributed by atoms with E-state index in [2.05, 4.69) is 22.9 Å². The number of thiophene rings is 1. The molecule has 1 aromatic heterocycles. The molecule has 0 aliphatic heterocycles. The number of hydrogen-bond donors (Lipinski definition) is 3. The lowest BCUT2D eigenvalue weighted by Crippen LogP contribution is -2.37. The Morgan fingerprint density at radius 3 is 2.46 bits per heavy atom. The second kappa shape index (κ2) is 8.61. The standard InChI is InChI=1S/C18H23N3O2S/c1-4-13-5-7-14(8-6-13)16(22)21-18-15(9-10-24-18)17(23)20-11-12(2)19-3/h5-10,12,19H,4,11H2,1-3H3,(H,20,23)(H,21,22). The molecule has 0 saturated heterocycles. The number of anilines is 1. The molecule has 1 atom stereocenters. The van der Waals surface area contributed by atoms with Crippen molar-refractivity contribution in [2.24, 2.45) is 0 Å². The van der Waals surface area contributed by atoms with Crippen molar-refractivity contribution in [3.05, 3.63) is 52.4 Å². The summed E-state index contributed by atoms with van der Waals surface area (Å²) in [7, 11) is 1.84. The Morgan fingerprint density at radius 1 is 1.12 bits per heavy atom. The molecule has 0 aliphatic carbocycles. The van der Waals surface area contributed by atoms with Gasteiger partial charge in [-0.1, -0.05) is 19.1 Å². The third-order valence-corrected chi connectivity index (χ3v) is 4.65. The monoisotopic (exact) mass is 345 g/mol. The highest BCUT2D eigenvalue weighted by Crippen LogP contribution is 2.24. The summed E-state index contributed by atoms with van der Waals surface area (Å²) >= 11 is 1.34. The molecule has 6 heteroatoms. The number of likely N-dealkylation sites (N-methyl/N-ethyl adjacent to an activating group) is 1. The average molecular weight is 345 g/mol. The molecule has 0 fully saturated rings. The molecule has 0 aliphatic rings. The summed E-state index contributed by atoms with van der Waals surface area (Å²) in [4.78, 5) is 24.6. The molecule has 24 heavy (non-hydrogen) atoms. The summed E-state index contributed by atoms with van der Waals surface area (Å²) in [5.74, 6) is -0.396. The summed E-state index contributed by atoms with van der Waals surface area (Å²) in [6, 6.07) is 9.39. The molecule has 128 valence electrons. The van der Waals surface area contributed by atoms with Crippen molar-refractivity contribution < 1.29 is 9.59 Å². The van der Waals surface area contributed by atoms with E-state index >= 15 is 0 Å². The Kier molecular flexibility index (Phi) is 6.52. The van der Waals surface area contributed by atoms with Crippen molar-refractivity contribution >= 4 is 28.2 Å². The van der Waals surface area contributed by atoms with Gasteiger partial charge in [-0.2, -0.15) is 0 Å². The molecule has 2 rings (SSSR count). The molecule has 5 nitrogen and oxygen atoms in total. The molecule has 3 N–H and O–H groups in total. The third-order valence-electron chi connectivity index (χ3n) is 3.82. The van der Waals surface area contributed by atoms with Crippen LogP contribution in [0.15, 0.2) is 35.7 Å². The van der Waals surface area contributed by atoms with Crippen LogP contribution in [0, 0.1) is 0 Å². The number of aryl methyl sites for hydroxylation is 1. The molecule has 0 saturated carbocycles. The van der Waals surface area contributed by atoms with E-state index in [1.807, 2.05) is 26.1 Å². The van der Waals surface area contributed by atoms with Gasteiger partial charge in [0.05, 0.1) is 5.56 Å². The van der Waals surface area contributed by atoms with Crippen LogP contribution in [0.1, 0.15) is 40.1 Å². The highest BCUT2D eigenvalue weighted by atomic mass is 32.1. The van der Waals surface area contributed by atoms with Crippen LogP contribution in [-0.2, 0) is 6.42 Å². The van der Waals surface area contributed by atoms with E-state index in [0.717, 1.165) is 6.42 Å². The fourth-order valence-corrected chi connectivity index (χ4v) is 2.87. The fourth-order valence-electron chi connectivity index (χ4n) is 2.10. The summed E-state index contributed by atoms with van der Waals surface area (Å²) in [6.07, 6.45) is 0.933. The van der Waals surface area contributed by atoms with Gasteiger partial charge in [-0.25, -0.2) is 0 Å². The molecular weight excluding hydrogens is 322 g/mol. The van der Waals surface area contributed by atoms with Crippen LogP contribution in [-0.4, -0.2) is 31.4 Å². The third kappa shape index (κ3) is 4.66. The zero-order valence-corrected chi connectivity index (χ0v) is 15.0. The van der Waals surface area contributed by atoms with Crippen LogP contribution < -0.4 is 16.0 Å². The van der Waals surface area contributed by atoms with E-state index in [0.29, 0.717) is 22.7 Å². The first-order valence-electron chi connectivity index (χ1n) is 7.98. The van der Waals surface area contributed by atoms with E-state index in [-0.39, 0.29) is 17.9 Å². The fraction of sp³-hybridized carbons (Fsp3) is 0.333. The number of rotatable bonds is 7. The summed E-state index contributed by atoms with van der Waals surface area (Å²) < 4.78 is 0. The largest absolute Gasteiger partial charge is 0.350 e. The van der Waals surface area contributed by atoms with Gasteiger partial charge in [0, 0.05) is 18.2 Å². The summed E-state index contributed by atoms with van der Waals surface area (Å²) in [6.45, 7) is 4.58. The lowest BCUT2D eigenvalue weighted by molar-refractivity contribution is 0.0952. The molecule has 2 aromatic rings. The maximum Gasteiger partial charge on any atom is 0.256 e. The predicted octanol–water partition coefficient (Wildman–Crippen LogP) is 2.90. The number of benzene rings is 1. The van der Waals surface area contributed by atoms with E-state index in [1.54, 1.807) is 23.6 Å². The minimum atomic E-state index is -0.210. The van der Waals surface area contributed by atoms with E-state index < -0.39 is 0 Å². The van der Waals surface area contributed by atoms with Crippen LogP contribution in [0.25, 0.3) is 0 Å². The summed E-state index contributed by atoms with van der Waals surface area (Å²) in [5, 5.41) is 11.1. The molecule has 0 radical (unpaired) electrons. The smallest absolute Gasteiger partial charge is 0.256 e. The zero-order valence-electron chi connectivity index (χ0n) is 14.2. The zero-order chi connectivity index (χ0) is 17.5. The number of nitrogens with one attached hydrogen (secondary N) is 3. The normalized spacial score (nSPS) is 11.8. The first-order chi connectivity index (χ1) is 11.5. The first kappa shape index (κ1) is 18.2. The highest BCUT2D eigenvalue weighted by molar-refractivity contribution is 7.14. The van der Waals surface area contributed by atoms with Crippen molar-refractivity contribution in [1.29, 1.82) is 0 Å². The van der Waals surface area contributed by atoms with Gasteiger partial charge in [-0.15, -0.1) is 11.3 Å². The molecular formula is C18H23N3O2S. The van der Waals surface area contributed by atoms with Gasteiger partial charge < -0.3 is 16.0 Å². The Morgan fingerprint density at radius 2 is 1.83 bits per heavy atom. The van der Waals surface area contributed by atoms with Crippen LogP contribution in [0.3, 0.4) is 0 Å². The Hall–Kier alpha value is -2.18. The maximum absolute atomic E-state index is 12.4. The molecule has 1 aromatic carbocycles. The lowest BCUT2D eigenvalue weighted by atomic mass is 10.1. The van der Waals surface area contributed by atoms with Gasteiger partial charge in [-0.05, 0) is 49.5 Å². The molecule has 1 heterocycles. The minimum absolute atomic E-state index is 0.183. The topological polar surface area (TPSA) is 70.2 Å². The SMILES string of the molecule is CCc1ccc(C(=O)Nc2sccc2C(=O)NCC(C)NC)cc1. The Labute approximate surface area is 146 Å². The van der Waals surface area contributed by atoms with Gasteiger partial charge in [-0.3, -0.25) is 9.59 Å². The van der Waals surface area contributed by atoms with Crippen LogP contribution >= 0.6 is 11.3 Å². The maximum atomic E-state index is 12.4. The first-order valence-corrected chi connectivity index (χ1v) is 8.86. The van der Waals surface area contributed by atoms with Gasteiger partial charge in [0.2, 0.25) is 0 Å². The average Bonchev–Trinajstić information content (AvgIpc) is 3.07. The van der Waals surface area contributed by atoms with Gasteiger partial charge in [0.1, 0.15) is 5.00 Å². The Balaban J connectivity index is 2.03. The number of carbonyl (C=O) groups is 2. The van der Waals surface area contributed by atoms with E-state index in [1.165, 1.54) is 16.9 Å². The number of carbonyl (C=O) groups excluding carboxylic acids is 2. The Bertz CT molecular complexity index is 695. The second-order valence-corrected chi connectivity index (χ2v) is 6.48. The van der Waals surface area contributed by atoms with Gasteiger partial charge >= 0.3 is 0 Å². The quantitative estimate of drug-likeness (QED) is 0.723. The predicted molar refractivity (Wildman–Crippen MR) is 98.9 cm³/mol. The van der Waals surface area contributed by atoms with E-state index in [4.69, 9.17) is 0 Å². The van der Waals surface area contributed by atoms with Crippen LogP contribution in [0.4, 0.5) is 5.00 Å². The van der Waals surface area contributed by atoms with Crippen LogP contribution in [0.2, 0.25) is 0 Å². The minimum Gasteiger partial charge on any atom is -0.350 e. The van der Waals surface area contributed by atoms with Gasteiger partial charge in [0.25, 0.3) is 11.8 Å². The number of hydrogen-bond acceptors (Lipinski definition) is 4. The summed E-state index contributed by atoms with van der Waals surface area (Å²) in [5.41, 5.74) is 2.25. The highest BCUT2D eigenvalue weighted by Gasteiger charge is 2.16. The van der Waals surface area contributed by atoms with Crippen molar-refractivity contribution in [1.82, 2.24) is 10.6 Å².